The number of rotatable bonds is 2. The lowest BCUT2D eigenvalue weighted by molar-refractivity contribution is -0.144. The van der Waals surface area contributed by atoms with E-state index in [0.717, 1.165) is 0 Å². The first kappa shape index (κ1) is 14.8. The Hall–Kier alpha value is -1.28. The molecule has 1 rings (SSSR count). The summed E-state index contributed by atoms with van der Waals surface area (Å²) >= 11 is 0. The lowest BCUT2D eigenvalue weighted by Gasteiger charge is -2.21. The fourth-order valence-electron chi connectivity index (χ4n) is 1.55. The molecule has 2 nitrogen and oxygen atoms in total. The molecule has 0 aromatic heterocycles. The highest BCUT2D eigenvalue weighted by atomic mass is 19.4. The van der Waals surface area contributed by atoms with Gasteiger partial charge in [0.25, 0.3) is 0 Å². The summed E-state index contributed by atoms with van der Waals surface area (Å²) in [5.41, 5.74) is 1.03. The minimum Gasteiger partial charge on any atom is -0.394 e. The molecule has 0 aliphatic carbocycles. The predicted octanol–water partition coefficient (Wildman–Crippen LogP) is 2.72. The zero-order valence-corrected chi connectivity index (χ0v) is 8.81. The minimum absolute atomic E-state index is 0.500. The van der Waals surface area contributed by atoms with Crippen molar-refractivity contribution in [1.82, 2.24) is 0 Å². The van der Waals surface area contributed by atoms with Gasteiger partial charge in [0.2, 0.25) is 0 Å². The smallest absolute Gasteiger partial charge is 0.394 e. The van der Waals surface area contributed by atoms with Crippen LogP contribution in [-0.4, -0.2) is 11.7 Å². The van der Waals surface area contributed by atoms with Gasteiger partial charge < -0.3 is 10.8 Å². The molecule has 1 aromatic rings. The van der Waals surface area contributed by atoms with Gasteiger partial charge in [-0.3, -0.25) is 0 Å². The van der Waals surface area contributed by atoms with Crippen LogP contribution in [0.1, 0.15) is 22.7 Å². The molecule has 0 unspecified atom stereocenters. The van der Waals surface area contributed by atoms with E-state index in [1.807, 2.05) is 0 Å². The monoisotopic (exact) mass is 273 g/mol. The Kier molecular flexibility index (Phi) is 3.92. The summed E-state index contributed by atoms with van der Waals surface area (Å²) < 4.78 is 75.7. The van der Waals surface area contributed by atoms with Crippen LogP contribution >= 0.6 is 0 Å². The number of halogens is 6. The van der Waals surface area contributed by atoms with Gasteiger partial charge in [-0.2, -0.15) is 26.3 Å². The van der Waals surface area contributed by atoms with Gasteiger partial charge in [0.05, 0.1) is 23.8 Å². The first-order valence-electron chi connectivity index (χ1n) is 4.72. The average Bonchev–Trinajstić information content (AvgIpc) is 2.24. The van der Waals surface area contributed by atoms with Crippen LogP contribution in [0.4, 0.5) is 26.3 Å². The minimum atomic E-state index is -4.97. The second-order valence-electron chi connectivity index (χ2n) is 3.55. The van der Waals surface area contributed by atoms with Crippen LogP contribution in [0.25, 0.3) is 0 Å². The molecule has 3 N–H and O–H groups in total. The van der Waals surface area contributed by atoms with Crippen molar-refractivity contribution in [2.45, 2.75) is 18.4 Å². The fourth-order valence-corrected chi connectivity index (χ4v) is 1.55. The van der Waals surface area contributed by atoms with Crippen molar-refractivity contribution < 1.29 is 31.4 Å². The number of benzene rings is 1. The first-order chi connectivity index (χ1) is 8.09. The van der Waals surface area contributed by atoms with Crippen LogP contribution in [0.2, 0.25) is 0 Å². The summed E-state index contributed by atoms with van der Waals surface area (Å²) in [5.74, 6) is 0. The van der Waals surface area contributed by atoms with E-state index in [4.69, 9.17) is 10.8 Å². The van der Waals surface area contributed by atoms with Gasteiger partial charge >= 0.3 is 12.4 Å². The Bertz CT molecular complexity index is 393. The quantitative estimate of drug-likeness (QED) is 0.814. The molecular formula is C10H9F6NO. The summed E-state index contributed by atoms with van der Waals surface area (Å²) in [5, 5.41) is 8.71. The summed E-state index contributed by atoms with van der Waals surface area (Å²) in [4.78, 5) is 0. The third-order valence-corrected chi connectivity index (χ3v) is 2.28. The fraction of sp³-hybridized carbons (Fsp3) is 0.400. The van der Waals surface area contributed by atoms with Crippen LogP contribution in [0, 0.1) is 0 Å². The predicted molar refractivity (Wildman–Crippen MR) is 50.5 cm³/mol. The molecule has 0 bridgehead atoms. The molecule has 0 spiro atoms. The number of hydrogen-bond acceptors (Lipinski definition) is 2. The molecule has 0 amide bonds. The van der Waals surface area contributed by atoms with E-state index in [1.165, 1.54) is 0 Å². The SMILES string of the molecule is N[C@@H](CO)c1c(C(F)(F)F)cccc1C(F)(F)F. The Morgan fingerprint density at radius 2 is 1.39 bits per heavy atom. The third kappa shape index (κ3) is 2.94. The van der Waals surface area contributed by atoms with Crippen molar-refractivity contribution in [3.05, 3.63) is 34.9 Å². The molecule has 0 heterocycles. The molecular weight excluding hydrogens is 264 g/mol. The number of nitrogens with two attached hydrogens (primary N) is 1. The van der Waals surface area contributed by atoms with Crippen molar-refractivity contribution in [2.24, 2.45) is 5.73 Å². The number of aliphatic hydroxyl groups excluding tert-OH is 1. The lowest BCUT2D eigenvalue weighted by Crippen LogP contribution is -2.25. The Balaban J connectivity index is 3.56. The van der Waals surface area contributed by atoms with Gasteiger partial charge in [0.1, 0.15) is 0 Å². The molecule has 18 heavy (non-hydrogen) atoms. The van der Waals surface area contributed by atoms with Crippen molar-refractivity contribution in [3.8, 4) is 0 Å². The van der Waals surface area contributed by atoms with Crippen molar-refractivity contribution in [1.29, 1.82) is 0 Å². The van der Waals surface area contributed by atoms with Crippen molar-refractivity contribution >= 4 is 0 Å². The molecule has 0 saturated heterocycles. The van der Waals surface area contributed by atoms with Crippen molar-refractivity contribution in [3.63, 3.8) is 0 Å². The summed E-state index contributed by atoms with van der Waals surface area (Å²) in [6, 6.07) is -0.0983. The first-order valence-corrected chi connectivity index (χ1v) is 4.72. The molecule has 0 aliphatic heterocycles. The molecule has 8 heteroatoms. The second-order valence-corrected chi connectivity index (χ2v) is 3.55. The lowest BCUT2D eigenvalue weighted by atomic mass is 9.94. The Morgan fingerprint density at radius 1 is 1.00 bits per heavy atom. The van der Waals surface area contributed by atoms with E-state index < -0.39 is 41.7 Å². The maximum absolute atomic E-state index is 12.6. The Morgan fingerprint density at radius 3 is 1.67 bits per heavy atom. The molecule has 1 atom stereocenters. The summed E-state index contributed by atoms with van der Waals surface area (Å²) in [6.07, 6.45) is -9.94. The normalized spacial score (nSPS) is 14.7. The average molecular weight is 273 g/mol. The zero-order valence-electron chi connectivity index (χ0n) is 8.81. The molecule has 102 valence electrons. The maximum Gasteiger partial charge on any atom is 0.416 e. The largest absolute Gasteiger partial charge is 0.416 e. The van der Waals surface area contributed by atoms with Crippen LogP contribution in [0.3, 0.4) is 0 Å². The van der Waals surface area contributed by atoms with E-state index in [0.29, 0.717) is 18.2 Å². The molecule has 0 fully saturated rings. The van der Waals surface area contributed by atoms with Crippen LogP contribution in [0.5, 0.6) is 0 Å². The number of hydrogen-bond donors (Lipinski definition) is 2. The van der Waals surface area contributed by atoms with E-state index in [1.54, 1.807) is 0 Å². The van der Waals surface area contributed by atoms with Gasteiger partial charge in [-0.1, -0.05) is 6.07 Å². The molecule has 0 saturated carbocycles. The van der Waals surface area contributed by atoms with Gasteiger partial charge in [-0.05, 0) is 17.7 Å². The van der Waals surface area contributed by atoms with Gasteiger partial charge in [0, 0.05) is 0 Å². The van der Waals surface area contributed by atoms with E-state index in [-0.39, 0.29) is 0 Å². The van der Waals surface area contributed by atoms with E-state index in [9.17, 15) is 26.3 Å². The van der Waals surface area contributed by atoms with Crippen molar-refractivity contribution in [2.75, 3.05) is 6.61 Å². The van der Waals surface area contributed by atoms with Crippen LogP contribution in [0.15, 0.2) is 18.2 Å². The van der Waals surface area contributed by atoms with Gasteiger partial charge in [-0.25, -0.2) is 0 Å². The van der Waals surface area contributed by atoms with Crippen LogP contribution < -0.4 is 5.73 Å². The standard InChI is InChI=1S/C10H9F6NO/c11-9(12,13)5-2-1-3-6(10(14,15)16)8(5)7(17)4-18/h1-3,7,18H,4,17H2/t7-/m0/s1. The summed E-state index contributed by atoms with van der Waals surface area (Å²) in [6.45, 7) is -1.02. The number of aliphatic hydroxyl groups is 1. The van der Waals surface area contributed by atoms with Crippen LogP contribution in [-0.2, 0) is 12.4 Å². The highest BCUT2D eigenvalue weighted by molar-refractivity contribution is 5.41. The second kappa shape index (κ2) is 4.77. The molecule has 0 radical (unpaired) electrons. The molecule has 0 aliphatic rings. The van der Waals surface area contributed by atoms with Gasteiger partial charge in [0.15, 0.2) is 0 Å². The maximum atomic E-state index is 12.6. The van der Waals surface area contributed by atoms with Gasteiger partial charge in [-0.15, -0.1) is 0 Å². The highest BCUT2D eigenvalue weighted by Crippen LogP contribution is 2.41. The summed E-state index contributed by atoms with van der Waals surface area (Å²) in [7, 11) is 0. The molecule has 1 aromatic carbocycles. The zero-order chi connectivity index (χ0) is 14.1. The Labute approximate surface area is 98.0 Å². The topological polar surface area (TPSA) is 46.2 Å². The third-order valence-electron chi connectivity index (χ3n) is 2.28. The highest BCUT2D eigenvalue weighted by Gasteiger charge is 2.41. The van der Waals surface area contributed by atoms with E-state index in [2.05, 4.69) is 0 Å². The van der Waals surface area contributed by atoms with E-state index >= 15 is 0 Å². The number of alkyl halides is 6.